The molecule has 2 nitrogen and oxygen atoms in total. The summed E-state index contributed by atoms with van der Waals surface area (Å²) in [4.78, 5) is 5.16. The van der Waals surface area contributed by atoms with Crippen LogP contribution in [0.15, 0.2) is 0 Å². The zero-order chi connectivity index (χ0) is 9.80. The third-order valence-corrected chi connectivity index (χ3v) is 3.51. The van der Waals surface area contributed by atoms with Crippen LogP contribution in [0.5, 0.6) is 0 Å². The summed E-state index contributed by atoms with van der Waals surface area (Å²) >= 11 is 5.81. The number of alkyl halides is 1. The summed E-state index contributed by atoms with van der Waals surface area (Å²) in [5, 5.41) is 0. The molecule has 3 heteroatoms. The highest BCUT2D eigenvalue weighted by atomic mass is 35.5. The van der Waals surface area contributed by atoms with Crippen LogP contribution < -0.4 is 0 Å². The van der Waals surface area contributed by atoms with E-state index >= 15 is 0 Å². The Balaban J connectivity index is 1.65. The molecule has 0 aromatic rings. The Morgan fingerprint density at radius 1 is 1.14 bits per heavy atom. The maximum absolute atomic E-state index is 5.81. The highest BCUT2D eigenvalue weighted by Crippen LogP contribution is 2.26. The van der Waals surface area contributed by atoms with Crippen LogP contribution >= 0.6 is 11.6 Å². The molecule has 0 bridgehead atoms. The monoisotopic (exact) mass is 216 g/mol. The Hall–Kier alpha value is 0.210. The number of likely N-dealkylation sites (tertiary alicyclic amines) is 1. The minimum Gasteiger partial charge on any atom is -0.302 e. The standard InChI is InChI=1S/C11H21ClN2/c12-5-8-14(11-3-4-11)10-9-13-6-1-2-7-13/h11H,1-10H2. The van der Waals surface area contributed by atoms with Gasteiger partial charge in [-0.2, -0.15) is 0 Å². The molecule has 2 aliphatic rings. The van der Waals surface area contributed by atoms with Gasteiger partial charge in [0.15, 0.2) is 0 Å². The largest absolute Gasteiger partial charge is 0.302 e. The molecule has 0 unspecified atom stereocenters. The number of rotatable bonds is 6. The van der Waals surface area contributed by atoms with Gasteiger partial charge in [0, 0.05) is 31.6 Å². The first kappa shape index (κ1) is 10.7. The summed E-state index contributed by atoms with van der Waals surface area (Å²) in [6, 6.07) is 0.872. The second-order valence-corrected chi connectivity index (χ2v) is 4.88. The van der Waals surface area contributed by atoms with E-state index in [0.29, 0.717) is 0 Å². The maximum Gasteiger partial charge on any atom is 0.0351 e. The minimum absolute atomic E-state index is 0.788. The topological polar surface area (TPSA) is 6.48 Å². The lowest BCUT2D eigenvalue weighted by molar-refractivity contribution is 0.227. The lowest BCUT2D eigenvalue weighted by Crippen LogP contribution is -2.36. The first-order chi connectivity index (χ1) is 6.90. The normalized spacial score (nSPS) is 23.6. The lowest BCUT2D eigenvalue weighted by atomic mass is 10.4. The van der Waals surface area contributed by atoms with Gasteiger partial charge in [-0.05, 0) is 38.8 Å². The summed E-state index contributed by atoms with van der Waals surface area (Å²) in [7, 11) is 0. The van der Waals surface area contributed by atoms with Crippen molar-refractivity contribution in [1.29, 1.82) is 0 Å². The molecule has 14 heavy (non-hydrogen) atoms. The molecule has 1 saturated carbocycles. The molecule has 1 saturated heterocycles. The zero-order valence-electron chi connectivity index (χ0n) is 8.92. The van der Waals surface area contributed by atoms with E-state index in [2.05, 4.69) is 9.80 Å². The van der Waals surface area contributed by atoms with E-state index in [9.17, 15) is 0 Å². The molecule has 0 aromatic carbocycles. The van der Waals surface area contributed by atoms with Gasteiger partial charge in [-0.15, -0.1) is 11.6 Å². The van der Waals surface area contributed by atoms with Crippen molar-refractivity contribution < 1.29 is 0 Å². The van der Waals surface area contributed by atoms with E-state index in [1.165, 1.54) is 51.9 Å². The van der Waals surface area contributed by atoms with Crippen molar-refractivity contribution in [3.63, 3.8) is 0 Å². The average Bonchev–Trinajstić information content (AvgIpc) is 2.90. The van der Waals surface area contributed by atoms with Crippen molar-refractivity contribution in [3.8, 4) is 0 Å². The Kier molecular flexibility index (Phi) is 4.09. The second kappa shape index (κ2) is 5.34. The van der Waals surface area contributed by atoms with E-state index in [1.807, 2.05) is 0 Å². The van der Waals surface area contributed by atoms with Crippen LogP contribution in [-0.4, -0.2) is 54.4 Å². The first-order valence-corrected chi connectivity index (χ1v) is 6.46. The summed E-state index contributed by atoms with van der Waals surface area (Å²) < 4.78 is 0. The Labute approximate surface area is 92.2 Å². The van der Waals surface area contributed by atoms with Crippen molar-refractivity contribution in [1.82, 2.24) is 9.80 Å². The van der Waals surface area contributed by atoms with Gasteiger partial charge < -0.3 is 4.90 Å². The summed E-state index contributed by atoms with van der Waals surface area (Å²) in [5.41, 5.74) is 0. The minimum atomic E-state index is 0.788. The van der Waals surface area contributed by atoms with Gasteiger partial charge in [0.1, 0.15) is 0 Å². The van der Waals surface area contributed by atoms with Crippen molar-refractivity contribution >= 4 is 11.6 Å². The highest BCUT2D eigenvalue weighted by molar-refractivity contribution is 6.18. The molecule has 0 aromatic heterocycles. The number of nitrogens with zero attached hydrogens (tertiary/aromatic N) is 2. The number of hydrogen-bond acceptors (Lipinski definition) is 2. The molecule has 1 heterocycles. The number of halogens is 1. The van der Waals surface area contributed by atoms with E-state index < -0.39 is 0 Å². The molecule has 0 radical (unpaired) electrons. The van der Waals surface area contributed by atoms with Crippen molar-refractivity contribution in [3.05, 3.63) is 0 Å². The second-order valence-electron chi connectivity index (χ2n) is 4.50. The molecule has 0 spiro atoms. The SMILES string of the molecule is ClCCN(CCN1CCCC1)C1CC1. The Bertz CT molecular complexity index is 165. The summed E-state index contributed by atoms with van der Waals surface area (Å²) in [5.74, 6) is 0.788. The molecule has 0 atom stereocenters. The van der Waals surface area contributed by atoms with Gasteiger partial charge in [-0.3, -0.25) is 4.90 Å². The molecule has 1 aliphatic carbocycles. The smallest absolute Gasteiger partial charge is 0.0351 e. The summed E-state index contributed by atoms with van der Waals surface area (Å²) in [6.07, 6.45) is 5.60. The van der Waals surface area contributed by atoms with Crippen LogP contribution in [0.4, 0.5) is 0 Å². The third kappa shape index (κ3) is 3.11. The fourth-order valence-corrected chi connectivity index (χ4v) is 2.52. The van der Waals surface area contributed by atoms with E-state index in [0.717, 1.165) is 18.5 Å². The predicted molar refractivity (Wildman–Crippen MR) is 61.0 cm³/mol. The third-order valence-electron chi connectivity index (χ3n) is 3.34. The van der Waals surface area contributed by atoms with E-state index in [4.69, 9.17) is 11.6 Å². The molecular weight excluding hydrogens is 196 g/mol. The molecule has 82 valence electrons. The van der Waals surface area contributed by atoms with Crippen LogP contribution in [-0.2, 0) is 0 Å². The molecule has 0 N–H and O–H groups in total. The first-order valence-electron chi connectivity index (χ1n) is 5.92. The molecule has 0 amide bonds. The maximum atomic E-state index is 5.81. The predicted octanol–water partition coefficient (Wildman–Crippen LogP) is 1.79. The fourth-order valence-electron chi connectivity index (χ4n) is 2.30. The van der Waals surface area contributed by atoms with Crippen molar-refractivity contribution in [2.24, 2.45) is 0 Å². The molecular formula is C11H21ClN2. The van der Waals surface area contributed by atoms with Crippen LogP contribution in [0.2, 0.25) is 0 Å². The fraction of sp³-hybridized carbons (Fsp3) is 1.00. The van der Waals surface area contributed by atoms with Crippen LogP contribution in [0, 0.1) is 0 Å². The molecule has 1 aliphatic heterocycles. The molecule has 2 fully saturated rings. The molecule has 2 rings (SSSR count). The van der Waals surface area contributed by atoms with Gasteiger partial charge >= 0.3 is 0 Å². The van der Waals surface area contributed by atoms with Gasteiger partial charge in [0.25, 0.3) is 0 Å². The van der Waals surface area contributed by atoms with Crippen LogP contribution in [0.3, 0.4) is 0 Å². The summed E-state index contributed by atoms with van der Waals surface area (Å²) in [6.45, 7) is 6.21. The van der Waals surface area contributed by atoms with Gasteiger partial charge in [0.2, 0.25) is 0 Å². The average molecular weight is 217 g/mol. The van der Waals surface area contributed by atoms with Crippen molar-refractivity contribution in [2.45, 2.75) is 31.7 Å². The van der Waals surface area contributed by atoms with Crippen molar-refractivity contribution in [2.75, 3.05) is 38.6 Å². The van der Waals surface area contributed by atoms with Crippen LogP contribution in [0.1, 0.15) is 25.7 Å². The Morgan fingerprint density at radius 2 is 1.86 bits per heavy atom. The van der Waals surface area contributed by atoms with Gasteiger partial charge in [-0.1, -0.05) is 0 Å². The highest BCUT2D eigenvalue weighted by Gasteiger charge is 2.28. The quantitative estimate of drug-likeness (QED) is 0.625. The van der Waals surface area contributed by atoms with Gasteiger partial charge in [0.05, 0.1) is 0 Å². The van der Waals surface area contributed by atoms with E-state index in [1.54, 1.807) is 0 Å². The van der Waals surface area contributed by atoms with E-state index in [-0.39, 0.29) is 0 Å². The Morgan fingerprint density at radius 3 is 2.43 bits per heavy atom. The van der Waals surface area contributed by atoms with Crippen LogP contribution in [0.25, 0.3) is 0 Å². The lowest BCUT2D eigenvalue weighted by Gasteiger charge is -2.24. The van der Waals surface area contributed by atoms with Gasteiger partial charge in [-0.25, -0.2) is 0 Å². The number of hydrogen-bond donors (Lipinski definition) is 0. The zero-order valence-corrected chi connectivity index (χ0v) is 9.68.